The first kappa shape index (κ1) is 15.8. The minimum atomic E-state index is -1.39. The zero-order valence-corrected chi connectivity index (χ0v) is 15.0. The molecule has 2 aromatic carbocycles. The monoisotopic (exact) mass is 403 g/mol. The van der Waals surface area contributed by atoms with Gasteiger partial charge in [-0.15, -0.1) is 10.2 Å². The number of thioether (sulfide) groups is 1. The van der Waals surface area contributed by atoms with E-state index in [1.54, 1.807) is 0 Å². The van der Waals surface area contributed by atoms with Gasteiger partial charge in [0.25, 0.3) is 0 Å². The van der Waals surface area contributed by atoms with Gasteiger partial charge in [0.15, 0.2) is 11.4 Å². The van der Waals surface area contributed by atoms with E-state index in [-0.39, 0.29) is 5.75 Å². The predicted molar refractivity (Wildman–Crippen MR) is 98.1 cm³/mol. The molecule has 0 spiro atoms. The van der Waals surface area contributed by atoms with Crippen molar-refractivity contribution in [2.75, 3.05) is 5.75 Å². The van der Waals surface area contributed by atoms with E-state index in [1.807, 2.05) is 16.7 Å². The van der Waals surface area contributed by atoms with Crippen LogP contribution in [0, 0.1) is 0 Å². The van der Waals surface area contributed by atoms with Crippen molar-refractivity contribution in [1.29, 1.82) is 0 Å². The highest BCUT2D eigenvalue weighted by Gasteiger charge is 2.19. The van der Waals surface area contributed by atoms with E-state index in [0.717, 1.165) is 17.5 Å². The van der Waals surface area contributed by atoms with Crippen molar-refractivity contribution in [1.82, 2.24) is 14.8 Å². The fraction of sp³-hybridized carbons (Fsp3) is 0.176. The van der Waals surface area contributed by atoms with Crippen molar-refractivity contribution < 1.29 is 10.2 Å². The average Bonchev–Trinajstić information content (AvgIpc) is 3.35. The van der Waals surface area contributed by atoms with E-state index < -0.39 is 6.29 Å². The number of benzene rings is 2. The summed E-state index contributed by atoms with van der Waals surface area (Å²) in [4.78, 5) is 0. The minimum Gasteiger partial charge on any atom is -0.367 e. The second kappa shape index (κ2) is 6.33. The maximum atomic E-state index is 9.12. The third-order valence-electron chi connectivity index (χ3n) is 3.85. The van der Waals surface area contributed by atoms with Crippen LogP contribution in [-0.4, -0.2) is 37.0 Å². The number of aliphatic hydroxyl groups is 2. The van der Waals surface area contributed by atoms with Crippen molar-refractivity contribution in [3.05, 3.63) is 52.8 Å². The summed E-state index contributed by atoms with van der Waals surface area (Å²) in [6.07, 6.45) is 1.88. The Balaban J connectivity index is 1.87. The Morgan fingerprint density at radius 1 is 1.12 bits per heavy atom. The highest BCUT2D eigenvalue weighted by Crippen LogP contribution is 2.38. The number of hydrogen-bond acceptors (Lipinski definition) is 5. The summed E-state index contributed by atoms with van der Waals surface area (Å²) < 4.78 is 2.47. The molecular weight excluding hydrogens is 390 g/mol. The largest absolute Gasteiger partial charge is 0.367 e. The standard InChI is InChI=1S/C17H14BrN3O2S/c18-16-19-20-17(24-9-15(22)23)21(16)14-8-7-11(10-5-6-10)12-3-1-2-4-13(12)14/h1-5,7-8,15,22-23H,6,9H2. The van der Waals surface area contributed by atoms with Gasteiger partial charge < -0.3 is 10.2 Å². The topological polar surface area (TPSA) is 71.2 Å². The molecule has 0 aliphatic heterocycles. The minimum absolute atomic E-state index is 0.133. The quantitative estimate of drug-likeness (QED) is 0.504. The molecule has 0 bridgehead atoms. The Hall–Kier alpha value is -1.67. The molecule has 4 rings (SSSR count). The van der Waals surface area contributed by atoms with Gasteiger partial charge in [0.2, 0.25) is 4.73 Å². The fourth-order valence-electron chi connectivity index (χ4n) is 2.73. The molecular formula is C17H14BrN3O2S. The molecule has 24 heavy (non-hydrogen) atoms. The lowest BCUT2D eigenvalue weighted by atomic mass is 10.0. The molecule has 122 valence electrons. The summed E-state index contributed by atoms with van der Waals surface area (Å²) in [5.74, 6) is 0.133. The molecule has 3 aromatic rings. The van der Waals surface area contributed by atoms with Gasteiger partial charge in [-0.3, -0.25) is 4.57 Å². The first-order valence-corrected chi connectivity index (χ1v) is 9.24. The lowest BCUT2D eigenvalue weighted by molar-refractivity contribution is -0.0186. The number of fused-ring (bicyclic) bond motifs is 1. The van der Waals surface area contributed by atoms with E-state index in [1.165, 1.54) is 28.3 Å². The van der Waals surface area contributed by atoms with Crippen molar-refractivity contribution in [2.24, 2.45) is 0 Å². The summed E-state index contributed by atoms with van der Waals surface area (Å²) in [5, 5.41) is 29.4. The fourth-order valence-corrected chi connectivity index (χ4v) is 3.99. The normalized spacial score (nSPS) is 13.6. The van der Waals surface area contributed by atoms with Crippen LogP contribution in [0.3, 0.4) is 0 Å². The van der Waals surface area contributed by atoms with Gasteiger partial charge in [-0.2, -0.15) is 0 Å². The molecule has 0 radical (unpaired) electrons. The second-order valence-corrected chi connectivity index (χ2v) is 7.19. The highest BCUT2D eigenvalue weighted by molar-refractivity contribution is 9.10. The maximum Gasteiger partial charge on any atom is 0.205 e. The maximum absolute atomic E-state index is 9.12. The lowest BCUT2D eigenvalue weighted by Gasteiger charge is -2.13. The molecule has 5 nitrogen and oxygen atoms in total. The van der Waals surface area contributed by atoms with Crippen LogP contribution in [0.5, 0.6) is 0 Å². The van der Waals surface area contributed by atoms with Gasteiger partial charge in [0, 0.05) is 5.39 Å². The van der Waals surface area contributed by atoms with Gasteiger partial charge >= 0.3 is 0 Å². The van der Waals surface area contributed by atoms with Gasteiger partial charge in [-0.1, -0.05) is 48.2 Å². The molecule has 0 unspecified atom stereocenters. The van der Waals surface area contributed by atoms with Crippen LogP contribution in [0.25, 0.3) is 22.0 Å². The zero-order valence-electron chi connectivity index (χ0n) is 12.6. The number of hydrogen-bond donors (Lipinski definition) is 2. The summed E-state index contributed by atoms with van der Waals surface area (Å²) in [5.41, 5.74) is 3.60. The Morgan fingerprint density at radius 2 is 1.88 bits per heavy atom. The SMILES string of the molecule is OC(O)CSc1nnc(Br)n1-c1ccc(C2=CC2)c2ccccc12. The number of allylic oxidation sites excluding steroid dienone is 2. The summed E-state index contributed by atoms with van der Waals surface area (Å²) in [6.45, 7) is 0. The Labute approximate surface area is 151 Å². The van der Waals surface area contributed by atoms with E-state index in [4.69, 9.17) is 10.2 Å². The Kier molecular flexibility index (Phi) is 4.17. The lowest BCUT2D eigenvalue weighted by Crippen LogP contribution is -2.08. The molecule has 0 atom stereocenters. The Bertz CT molecular complexity index is 952. The van der Waals surface area contributed by atoms with Crippen LogP contribution < -0.4 is 0 Å². The summed E-state index contributed by atoms with van der Waals surface area (Å²) in [6, 6.07) is 12.4. The number of aliphatic hydroxyl groups excluding tert-OH is 1. The molecule has 1 aromatic heterocycles. The van der Waals surface area contributed by atoms with Crippen LogP contribution in [0.4, 0.5) is 0 Å². The van der Waals surface area contributed by atoms with Crippen molar-refractivity contribution in [3.8, 4) is 5.69 Å². The van der Waals surface area contributed by atoms with Crippen molar-refractivity contribution >= 4 is 44.0 Å². The second-order valence-electron chi connectivity index (χ2n) is 5.49. The van der Waals surface area contributed by atoms with E-state index in [2.05, 4.69) is 56.5 Å². The van der Waals surface area contributed by atoms with Gasteiger partial charge in [-0.05, 0) is 44.9 Å². The molecule has 1 heterocycles. The molecule has 1 aliphatic carbocycles. The molecule has 0 saturated carbocycles. The zero-order chi connectivity index (χ0) is 16.7. The highest BCUT2D eigenvalue weighted by atomic mass is 79.9. The third-order valence-corrected chi connectivity index (χ3v) is 5.35. The van der Waals surface area contributed by atoms with E-state index in [9.17, 15) is 0 Å². The Morgan fingerprint density at radius 3 is 2.58 bits per heavy atom. The van der Waals surface area contributed by atoms with Crippen LogP contribution >= 0.6 is 27.7 Å². The predicted octanol–water partition coefficient (Wildman–Crippen LogP) is 3.37. The van der Waals surface area contributed by atoms with Crippen LogP contribution in [-0.2, 0) is 0 Å². The molecule has 1 aliphatic rings. The van der Waals surface area contributed by atoms with Gasteiger partial charge in [0.05, 0.1) is 11.4 Å². The van der Waals surface area contributed by atoms with Gasteiger partial charge in [-0.25, -0.2) is 0 Å². The third kappa shape index (κ3) is 2.88. The molecule has 0 saturated heterocycles. The number of rotatable bonds is 5. The van der Waals surface area contributed by atoms with E-state index >= 15 is 0 Å². The van der Waals surface area contributed by atoms with E-state index in [0.29, 0.717) is 9.89 Å². The summed E-state index contributed by atoms with van der Waals surface area (Å²) in [7, 11) is 0. The average molecular weight is 404 g/mol. The van der Waals surface area contributed by atoms with Crippen molar-refractivity contribution in [3.63, 3.8) is 0 Å². The number of aromatic nitrogens is 3. The summed E-state index contributed by atoms with van der Waals surface area (Å²) >= 11 is 4.70. The number of halogens is 1. The molecule has 0 amide bonds. The van der Waals surface area contributed by atoms with Crippen LogP contribution in [0.15, 0.2) is 52.4 Å². The first-order valence-electron chi connectivity index (χ1n) is 7.46. The molecule has 7 heteroatoms. The van der Waals surface area contributed by atoms with Crippen molar-refractivity contribution in [2.45, 2.75) is 17.9 Å². The number of nitrogens with zero attached hydrogens (tertiary/aromatic N) is 3. The molecule has 0 fully saturated rings. The first-order chi connectivity index (χ1) is 11.6. The van der Waals surface area contributed by atoms with Crippen LogP contribution in [0.2, 0.25) is 0 Å². The smallest absolute Gasteiger partial charge is 0.205 e. The van der Waals surface area contributed by atoms with Gasteiger partial charge in [0.1, 0.15) is 0 Å². The molecule has 2 N–H and O–H groups in total. The van der Waals surface area contributed by atoms with Crippen LogP contribution in [0.1, 0.15) is 12.0 Å².